The van der Waals surface area contributed by atoms with Crippen LogP contribution in [0.2, 0.25) is 0 Å². The Morgan fingerprint density at radius 2 is 1.88 bits per heavy atom. The van der Waals surface area contributed by atoms with Gasteiger partial charge in [-0.1, -0.05) is 0 Å². The minimum absolute atomic E-state index is 0.151. The van der Waals surface area contributed by atoms with Gasteiger partial charge in [0.2, 0.25) is 5.91 Å². The number of likely N-dealkylation sites (tertiary alicyclic amines) is 1. The molecule has 7 nitrogen and oxygen atoms in total. The summed E-state index contributed by atoms with van der Waals surface area (Å²) in [7, 11) is 1.51. The first-order chi connectivity index (χ1) is 19.2. The first kappa shape index (κ1) is 29.7. The van der Waals surface area contributed by atoms with Crippen molar-refractivity contribution in [2.24, 2.45) is 5.41 Å². The average Bonchev–Trinajstić information content (AvgIpc) is 2.97. The predicted octanol–water partition coefficient (Wildman–Crippen LogP) is 5.16. The van der Waals surface area contributed by atoms with Crippen molar-refractivity contribution in [3.63, 3.8) is 0 Å². The van der Waals surface area contributed by atoms with Crippen molar-refractivity contribution < 1.29 is 37.4 Å². The number of ether oxygens (including phenoxy) is 1. The van der Waals surface area contributed by atoms with E-state index in [0.29, 0.717) is 73.1 Å². The standard InChI is InChI=1S/C29H33F4N3O4/c1-40-20-4-5-24-21(15-20)26(19(16-30)17-34-24)25(37)6-7-29(28(38)35-39)8-11-36(12-9-29)10-2-3-18-13-22(31)27(33)23(32)14-18/h4-5,13-15,17,25,37,39H,2-3,6-12,16H2,1H3,(H,35,38). The number of hydrogen-bond donors (Lipinski definition) is 3. The molecule has 1 atom stereocenters. The predicted molar refractivity (Wildman–Crippen MR) is 140 cm³/mol. The van der Waals surface area contributed by atoms with Crippen molar-refractivity contribution in [2.45, 2.75) is 51.3 Å². The molecule has 1 aromatic heterocycles. The van der Waals surface area contributed by atoms with Crippen LogP contribution in [0.3, 0.4) is 0 Å². The molecule has 2 aromatic carbocycles. The van der Waals surface area contributed by atoms with E-state index in [4.69, 9.17) is 4.74 Å². The summed E-state index contributed by atoms with van der Waals surface area (Å²) < 4.78 is 59.3. The highest BCUT2D eigenvalue weighted by Crippen LogP contribution is 2.40. The molecule has 11 heteroatoms. The molecule has 0 bridgehead atoms. The molecule has 1 aliphatic rings. The molecule has 1 amide bonds. The van der Waals surface area contributed by atoms with Crippen LogP contribution in [0, 0.1) is 22.9 Å². The highest BCUT2D eigenvalue weighted by Gasteiger charge is 2.41. The van der Waals surface area contributed by atoms with Crippen molar-refractivity contribution in [1.29, 1.82) is 0 Å². The number of alkyl halides is 1. The Kier molecular flexibility index (Phi) is 9.60. The van der Waals surface area contributed by atoms with Gasteiger partial charge in [-0.25, -0.2) is 23.0 Å². The number of nitrogens with one attached hydrogen (secondary N) is 1. The molecule has 2 heterocycles. The molecule has 1 saturated heterocycles. The highest BCUT2D eigenvalue weighted by atomic mass is 19.2. The summed E-state index contributed by atoms with van der Waals surface area (Å²) in [5, 5.41) is 21.3. The Morgan fingerprint density at radius 1 is 1.18 bits per heavy atom. The second-order valence-electron chi connectivity index (χ2n) is 10.3. The fraction of sp³-hybridized carbons (Fsp3) is 0.448. The molecule has 1 fully saturated rings. The zero-order valence-corrected chi connectivity index (χ0v) is 22.2. The highest BCUT2D eigenvalue weighted by molar-refractivity contribution is 5.85. The smallest absolute Gasteiger partial charge is 0.249 e. The monoisotopic (exact) mass is 563 g/mol. The Labute approximate surface area is 229 Å². The number of hydroxylamine groups is 1. The van der Waals surface area contributed by atoms with Gasteiger partial charge >= 0.3 is 0 Å². The molecule has 1 unspecified atom stereocenters. The average molecular weight is 564 g/mol. The van der Waals surface area contributed by atoms with Gasteiger partial charge in [-0.2, -0.15) is 0 Å². The van der Waals surface area contributed by atoms with E-state index in [0.717, 1.165) is 12.1 Å². The number of fused-ring (bicyclic) bond motifs is 1. The molecule has 1 aliphatic heterocycles. The van der Waals surface area contributed by atoms with E-state index in [1.807, 2.05) is 0 Å². The minimum atomic E-state index is -1.49. The van der Waals surface area contributed by atoms with Crippen molar-refractivity contribution >= 4 is 16.8 Å². The van der Waals surface area contributed by atoms with E-state index in [1.54, 1.807) is 23.7 Å². The maximum absolute atomic E-state index is 13.9. The summed E-state index contributed by atoms with van der Waals surface area (Å²) in [6.07, 6.45) is 2.48. The van der Waals surface area contributed by atoms with Gasteiger partial charge in [0.1, 0.15) is 12.4 Å². The number of piperidine rings is 1. The van der Waals surface area contributed by atoms with Crippen molar-refractivity contribution in [3.05, 3.63) is 70.7 Å². The van der Waals surface area contributed by atoms with Crippen LogP contribution in [0.15, 0.2) is 36.5 Å². The number of methoxy groups -OCH3 is 1. The van der Waals surface area contributed by atoms with Crippen LogP contribution in [0.5, 0.6) is 5.75 Å². The van der Waals surface area contributed by atoms with Crippen molar-refractivity contribution in [1.82, 2.24) is 15.4 Å². The number of halogens is 4. The second kappa shape index (κ2) is 12.9. The van der Waals surface area contributed by atoms with Gasteiger partial charge in [-0.15, -0.1) is 0 Å². The number of rotatable bonds is 11. The summed E-state index contributed by atoms with van der Waals surface area (Å²) in [6, 6.07) is 7.14. The number of amides is 1. The number of aryl methyl sites for hydroxylation is 1. The van der Waals surface area contributed by atoms with E-state index >= 15 is 0 Å². The number of aliphatic hydroxyl groups is 1. The van der Waals surface area contributed by atoms with Crippen LogP contribution in [-0.4, -0.2) is 52.8 Å². The van der Waals surface area contributed by atoms with Crippen LogP contribution >= 0.6 is 0 Å². The largest absolute Gasteiger partial charge is 0.497 e. The molecule has 0 spiro atoms. The Balaban J connectivity index is 1.41. The quantitative estimate of drug-likeness (QED) is 0.129. The first-order valence-electron chi connectivity index (χ1n) is 13.2. The number of aliphatic hydroxyl groups excluding tert-OH is 1. The summed E-state index contributed by atoms with van der Waals surface area (Å²) >= 11 is 0. The van der Waals surface area contributed by atoms with Crippen LogP contribution in [0.25, 0.3) is 10.9 Å². The summed E-state index contributed by atoms with van der Waals surface area (Å²) in [4.78, 5) is 19.2. The Morgan fingerprint density at radius 3 is 2.50 bits per heavy atom. The first-order valence-corrected chi connectivity index (χ1v) is 13.2. The zero-order chi connectivity index (χ0) is 28.9. The van der Waals surface area contributed by atoms with Crippen molar-refractivity contribution in [3.8, 4) is 5.75 Å². The maximum Gasteiger partial charge on any atom is 0.249 e. The SMILES string of the molecule is COc1ccc2ncc(CF)c(C(O)CCC3(C(=O)NO)CCN(CCCc4cc(F)c(F)c(F)c4)CC3)c2c1. The van der Waals surface area contributed by atoms with E-state index in [9.17, 15) is 32.7 Å². The lowest BCUT2D eigenvalue weighted by Gasteiger charge is -2.40. The van der Waals surface area contributed by atoms with Crippen LogP contribution in [0.4, 0.5) is 17.6 Å². The number of pyridine rings is 1. The number of hydrogen-bond acceptors (Lipinski definition) is 6. The number of carbonyl (C=O) groups is 1. The fourth-order valence-electron chi connectivity index (χ4n) is 5.59. The summed E-state index contributed by atoms with van der Waals surface area (Å²) in [5.41, 5.74) is 2.43. The van der Waals surface area contributed by atoms with E-state index in [2.05, 4.69) is 9.88 Å². The molecule has 0 saturated carbocycles. The van der Waals surface area contributed by atoms with Gasteiger partial charge in [0, 0.05) is 17.1 Å². The maximum atomic E-state index is 13.9. The van der Waals surface area contributed by atoms with Crippen molar-refractivity contribution in [2.75, 3.05) is 26.7 Å². The molecular weight excluding hydrogens is 530 g/mol. The third-order valence-corrected chi connectivity index (χ3v) is 7.95. The van der Waals surface area contributed by atoms with Crippen LogP contribution < -0.4 is 10.2 Å². The number of nitrogens with zero attached hydrogens (tertiary/aromatic N) is 2. The Bertz CT molecular complexity index is 1320. The molecule has 40 heavy (non-hydrogen) atoms. The molecule has 3 N–H and O–H groups in total. The normalized spacial score (nSPS) is 16.2. The number of benzene rings is 2. The van der Waals surface area contributed by atoms with E-state index < -0.39 is 41.6 Å². The molecule has 0 radical (unpaired) electrons. The summed E-state index contributed by atoms with van der Waals surface area (Å²) in [6.45, 7) is 0.841. The molecule has 216 valence electrons. The van der Waals surface area contributed by atoms with Gasteiger partial charge in [-0.05, 0) is 99.6 Å². The fourth-order valence-corrected chi connectivity index (χ4v) is 5.59. The lowest BCUT2D eigenvalue weighted by Crippen LogP contribution is -2.48. The van der Waals surface area contributed by atoms with E-state index in [-0.39, 0.29) is 18.4 Å². The lowest BCUT2D eigenvalue weighted by molar-refractivity contribution is -0.143. The Hall–Kier alpha value is -3.28. The molecule has 0 aliphatic carbocycles. The van der Waals surface area contributed by atoms with Gasteiger partial charge in [0.15, 0.2) is 17.5 Å². The van der Waals surface area contributed by atoms with Gasteiger partial charge in [0.05, 0.1) is 24.1 Å². The third-order valence-electron chi connectivity index (χ3n) is 7.95. The van der Waals surface area contributed by atoms with E-state index in [1.165, 1.54) is 13.3 Å². The zero-order valence-electron chi connectivity index (χ0n) is 22.2. The minimum Gasteiger partial charge on any atom is -0.497 e. The second-order valence-corrected chi connectivity index (χ2v) is 10.3. The molecular formula is C29H33F4N3O4. The van der Waals surface area contributed by atoms with Crippen LogP contribution in [-0.2, 0) is 17.9 Å². The number of aromatic nitrogens is 1. The molecule has 4 rings (SSSR count). The number of carbonyl (C=O) groups excluding carboxylic acids is 1. The van der Waals surface area contributed by atoms with Gasteiger partial charge in [0.25, 0.3) is 0 Å². The topological polar surface area (TPSA) is 94.9 Å². The third kappa shape index (κ3) is 6.37. The van der Waals surface area contributed by atoms with Gasteiger partial charge in [-0.3, -0.25) is 15.0 Å². The van der Waals surface area contributed by atoms with Gasteiger partial charge < -0.3 is 14.7 Å². The lowest BCUT2D eigenvalue weighted by atomic mass is 9.73. The molecule has 3 aromatic rings. The summed E-state index contributed by atoms with van der Waals surface area (Å²) in [5.74, 6) is -3.92. The van der Waals surface area contributed by atoms with Crippen LogP contribution in [0.1, 0.15) is 54.9 Å².